The predicted octanol–water partition coefficient (Wildman–Crippen LogP) is 2.78. The SMILES string of the molecule is Nc1ccncc1C(=O)c1cc(Cl)c(N)c(Cl)c1. The predicted molar refractivity (Wildman–Crippen MR) is 73.0 cm³/mol. The molecule has 18 heavy (non-hydrogen) atoms. The first kappa shape index (κ1) is 12.7. The van der Waals surface area contributed by atoms with E-state index in [-0.39, 0.29) is 21.5 Å². The number of nitrogens with two attached hydrogens (primary N) is 2. The lowest BCUT2D eigenvalue weighted by Gasteiger charge is -2.07. The molecule has 1 aromatic heterocycles. The van der Waals surface area contributed by atoms with Gasteiger partial charge in [0.25, 0.3) is 0 Å². The Labute approximate surface area is 114 Å². The zero-order chi connectivity index (χ0) is 13.3. The molecule has 2 rings (SSSR count). The summed E-state index contributed by atoms with van der Waals surface area (Å²) in [6.07, 6.45) is 2.91. The van der Waals surface area contributed by atoms with Crippen LogP contribution in [0.4, 0.5) is 11.4 Å². The van der Waals surface area contributed by atoms with Crippen molar-refractivity contribution in [3.63, 3.8) is 0 Å². The molecule has 2 aromatic rings. The summed E-state index contributed by atoms with van der Waals surface area (Å²) in [5, 5.41) is 0.460. The molecular weight excluding hydrogens is 273 g/mol. The molecule has 0 aliphatic rings. The normalized spacial score (nSPS) is 10.3. The molecule has 6 heteroatoms. The van der Waals surface area contributed by atoms with Gasteiger partial charge in [0.15, 0.2) is 5.78 Å². The van der Waals surface area contributed by atoms with Crippen LogP contribution in [0.15, 0.2) is 30.6 Å². The number of benzene rings is 1. The smallest absolute Gasteiger partial charge is 0.196 e. The largest absolute Gasteiger partial charge is 0.398 e. The number of aromatic nitrogens is 1. The van der Waals surface area contributed by atoms with Crippen LogP contribution in [0.3, 0.4) is 0 Å². The molecular formula is C12H9Cl2N3O. The van der Waals surface area contributed by atoms with Gasteiger partial charge in [0.2, 0.25) is 0 Å². The molecule has 0 aliphatic carbocycles. The summed E-state index contributed by atoms with van der Waals surface area (Å²) in [5.74, 6) is -0.301. The number of ketones is 1. The van der Waals surface area contributed by atoms with E-state index in [0.717, 1.165) is 0 Å². The molecule has 0 saturated carbocycles. The van der Waals surface area contributed by atoms with E-state index in [9.17, 15) is 4.79 Å². The van der Waals surface area contributed by atoms with E-state index in [1.54, 1.807) is 6.07 Å². The quantitative estimate of drug-likeness (QED) is 0.655. The molecule has 0 saturated heterocycles. The van der Waals surface area contributed by atoms with E-state index < -0.39 is 0 Å². The van der Waals surface area contributed by atoms with Crippen LogP contribution < -0.4 is 11.5 Å². The van der Waals surface area contributed by atoms with Crippen molar-refractivity contribution in [2.75, 3.05) is 11.5 Å². The fraction of sp³-hybridized carbons (Fsp3) is 0. The summed E-state index contributed by atoms with van der Waals surface area (Å²) in [6, 6.07) is 4.46. The summed E-state index contributed by atoms with van der Waals surface area (Å²) in [4.78, 5) is 16.1. The summed E-state index contributed by atoms with van der Waals surface area (Å²) < 4.78 is 0. The molecule has 92 valence electrons. The Kier molecular flexibility index (Phi) is 3.41. The van der Waals surface area contributed by atoms with Crippen LogP contribution in [0.1, 0.15) is 15.9 Å². The van der Waals surface area contributed by atoms with Gasteiger partial charge in [-0.1, -0.05) is 23.2 Å². The molecule has 0 radical (unpaired) electrons. The lowest BCUT2D eigenvalue weighted by molar-refractivity contribution is 0.103. The molecule has 0 atom stereocenters. The highest BCUT2D eigenvalue weighted by Crippen LogP contribution is 2.30. The van der Waals surface area contributed by atoms with Gasteiger partial charge in [0.1, 0.15) is 0 Å². The Bertz CT molecular complexity index is 605. The lowest BCUT2D eigenvalue weighted by Crippen LogP contribution is -2.06. The molecule has 0 aliphatic heterocycles. The highest BCUT2D eigenvalue weighted by atomic mass is 35.5. The number of halogens is 2. The number of pyridine rings is 1. The second-order valence-corrected chi connectivity index (χ2v) is 4.46. The van der Waals surface area contributed by atoms with E-state index in [2.05, 4.69) is 4.98 Å². The zero-order valence-electron chi connectivity index (χ0n) is 9.15. The Morgan fingerprint density at radius 2 is 1.78 bits per heavy atom. The third-order valence-corrected chi connectivity index (χ3v) is 3.07. The number of carbonyl (C=O) groups is 1. The number of anilines is 2. The second-order valence-electron chi connectivity index (χ2n) is 3.65. The van der Waals surface area contributed by atoms with Gasteiger partial charge in [-0.2, -0.15) is 0 Å². The third-order valence-electron chi connectivity index (χ3n) is 2.44. The van der Waals surface area contributed by atoms with Crippen LogP contribution >= 0.6 is 23.2 Å². The van der Waals surface area contributed by atoms with Crippen molar-refractivity contribution < 1.29 is 4.79 Å². The molecule has 0 amide bonds. The van der Waals surface area contributed by atoms with Crippen molar-refractivity contribution in [3.8, 4) is 0 Å². The summed E-state index contributed by atoms with van der Waals surface area (Å²) in [7, 11) is 0. The van der Waals surface area contributed by atoms with Crippen molar-refractivity contribution in [2.45, 2.75) is 0 Å². The first-order chi connectivity index (χ1) is 8.50. The Balaban J connectivity index is 2.51. The minimum Gasteiger partial charge on any atom is -0.398 e. The van der Waals surface area contributed by atoms with Crippen molar-refractivity contribution >= 4 is 40.4 Å². The van der Waals surface area contributed by atoms with Gasteiger partial charge in [-0.15, -0.1) is 0 Å². The molecule has 0 unspecified atom stereocenters. The van der Waals surface area contributed by atoms with Crippen molar-refractivity contribution in [2.24, 2.45) is 0 Å². The molecule has 0 spiro atoms. The van der Waals surface area contributed by atoms with Crippen molar-refractivity contribution in [1.29, 1.82) is 0 Å². The molecule has 0 bridgehead atoms. The number of nitrogen functional groups attached to an aromatic ring is 2. The first-order valence-electron chi connectivity index (χ1n) is 4.99. The third kappa shape index (κ3) is 2.25. The molecule has 4 N–H and O–H groups in total. The van der Waals surface area contributed by atoms with E-state index in [1.807, 2.05) is 0 Å². The van der Waals surface area contributed by atoms with Gasteiger partial charge in [-0.25, -0.2) is 0 Å². The van der Waals surface area contributed by atoms with Crippen LogP contribution in [-0.4, -0.2) is 10.8 Å². The average molecular weight is 282 g/mol. The molecule has 0 fully saturated rings. The number of hydrogen-bond acceptors (Lipinski definition) is 4. The summed E-state index contributed by atoms with van der Waals surface area (Å²) in [5.41, 5.74) is 12.5. The van der Waals surface area contributed by atoms with Crippen LogP contribution in [0.2, 0.25) is 10.0 Å². The second kappa shape index (κ2) is 4.84. The van der Waals surface area contributed by atoms with Gasteiger partial charge in [-0.05, 0) is 18.2 Å². The highest BCUT2D eigenvalue weighted by Gasteiger charge is 2.15. The Morgan fingerprint density at radius 3 is 2.33 bits per heavy atom. The zero-order valence-corrected chi connectivity index (χ0v) is 10.7. The summed E-state index contributed by atoms with van der Waals surface area (Å²) in [6.45, 7) is 0. The Hall–Kier alpha value is -1.78. The van der Waals surface area contributed by atoms with Crippen LogP contribution in [0.25, 0.3) is 0 Å². The average Bonchev–Trinajstić information content (AvgIpc) is 2.35. The minimum absolute atomic E-state index is 0.230. The van der Waals surface area contributed by atoms with Gasteiger partial charge in [-0.3, -0.25) is 9.78 Å². The monoisotopic (exact) mass is 281 g/mol. The van der Waals surface area contributed by atoms with Crippen LogP contribution in [0, 0.1) is 0 Å². The number of carbonyl (C=O) groups excluding carboxylic acids is 1. The number of hydrogen-bond donors (Lipinski definition) is 2. The molecule has 4 nitrogen and oxygen atoms in total. The summed E-state index contributed by atoms with van der Waals surface area (Å²) >= 11 is 11.8. The molecule has 1 heterocycles. The van der Waals surface area contributed by atoms with Crippen LogP contribution in [-0.2, 0) is 0 Å². The fourth-order valence-electron chi connectivity index (χ4n) is 1.47. The standard InChI is InChI=1S/C12H9Cl2N3O/c13-8-3-6(4-9(14)11(8)16)12(18)7-5-17-2-1-10(7)15/h1-5H,16H2,(H2,15,17). The van der Waals surface area contributed by atoms with Gasteiger partial charge >= 0.3 is 0 Å². The van der Waals surface area contributed by atoms with E-state index in [0.29, 0.717) is 16.8 Å². The maximum Gasteiger partial charge on any atom is 0.196 e. The van der Waals surface area contributed by atoms with Crippen molar-refractivity contribution in [1.82, 2.24) is 4.98 Å². The highest BCUT2D eigenvalue weighted by molar-refractivity contribution is 6.39. The minimum atomic E-state index is -0.301. The topological polar surface area (TPSA) is 82.0 Å². The van der Waals surface area contributed by atoms with Gasteiger partial charge < -0.3 is 11.5 Å². The van der Waals surface area contributed by atoms with E-state index in [4.69, 9.17) is 34.7 Å². The number of rotatable bonds is 2. The maximum absolute atomic E-state index is 12.2. The van der Waals surface area contributed by atoms with E-state index in [1.165, 1.54) is 24.5 Å². The number of nitrogens with zero attached hydrogens (tertiary/aromatic N) is 1. The van der Waals surface area contributed by atoms with Crippen LogP contribution in [0.5, 0.6) is 0 Å². The van der Waals surface area contributed by atoms with Gasteiger partial charge in [0, 0.05) is 23.6 Å². The lowest BCUT2D eigenvalue weighted by atomic mass is 10.0. The van der Waals surface area contributed by atoms with Gasteiger partial charge in [0.05, 0.1) is 21.3 Å². The molecule has 1 aromatic carbocycles. The first-order valence-corrected chi connectivity index (χ1v) is 5.75. The fourth-order valence-corrected chi connectivity index (χ4v) is 1.95. The maximum atomic E-state index is 12.2. The Morgan fingerprint density at radius 1 is 1.17 bits per heavy atom. The van der Waals surface area contributed by atoms with Crippen molar-refractivity contribution in [3.05, 3.63) is 51.8 Å². The van der Waals surface area contributed by atoms with E-state index >= 15 is 0 Å².